The van der Waals surface area contributed by atoms with Crippen LogP contribution in [0.4, 0.5) is 0 Å². The van der Waals surface area contributed by atoms with Crippen LogP contribution in [0.1, 0.15) is 15.5 Å². The quantitative estimate of drug-likeness (QED) is 0.414. The molecule has 0 amide bonds. The van der Waals surface area contributed by atoms with Crippen molar-refractivity contribution in [3.05, 3.63) is 22.2 Å². The molecule has 0 saturated carbocycles. The number of esters is 1. The van der Waals surface area contributed by atoms with E-state index in [4.69, 9.17) is 0 Å². The first-order valence-corrected chi connectivity index (χ1v) is 4.31. The number of rotatable bonds is 3. The molecule has 0 fully saturated rings. The number of thiazole rings is 1. The van der Waals surface area contributed by atoms with E-state index >= 15 is 0 Å². The molecule has 0 aromatic carbocycles. The van der Waals surface area contributed by atoms with Gasteiger partial charge in [-0.1, -0.05) is 0 Å². The van der Waals surface area contributed by atoms with Crippen LogP contribution in [0.25, 0.3) is 6.08 Å². The molecular weight excluding hydrogens is 190 g/mol. The van der Waals surface area contributed by atoms with E-state index in [9.17, 15) is 9.59 Å². The molecule has 68 valence electrons. The zero-order chi connectivity index (χ0) is 9.68. The minimum absolute atomic E-state index is 0.262. The van der Waals surface area contributed by atoms with E-state index in [-0.39, 0.29) is 5.69 Å². The zero-order valence-corrected chi connectivity index (χ0v) is 7.71. The van der Waals surface area contributed by atoms with Crippen molar-refractivity contribution in [2.45, 2.75) is 0 Å². The van der Waals surface area contributed by atoms with Crippen LogP contribution in [-0.4, -0.2) is 24.3 Å². The maximum atomic E-state index is 10.9. The number of methoxy groups -OCH3 is 1. The highest BCUT2D eigenvalue weighted by Gasteiger charge is 2.08. The molecular formula is C8H7NO3S. The lowest BCUT2D eigenvalue weighted by atomic mass is 10.5. The van der Waals surface area contributed by atoms with Gasteiger partial charge in [0.1, 0.15) is 11.3 Å². The second kappa shape index (κ2) is 4.51. The van der Waals surface area contributed by atoms with Gasteiger partial charge < -0.3 is 4.74 Å². The smallest absolute Gasteiger partial charge is 0.357 e. The molecule has 0 radical (unpaired) electrons. The normalized spacial score (nSPS) is 10.2. The molecule has 0 unspecified atom stereocenters. The molecule has 0 spiro atoms. The molecule has 0 N–H and O–H groups in total. The van der Waals surface area contributed by atoms with E-state index in [1.807, 2.05) is 0 Å². The fraction of sp³-hybridized carbons (Fsp3) is 0.125. The van der Waals surface area contributed by atoms with Crippen molar-refractivity contribution in [2.24, 2.45) is 0 Å². The summed E-state index contributed by atoms with van der Waals surface area (Å²) in [6, 6.07) is 0. The first-order chi connectivity index (χ1) is 6.27. The maximum Gasteiger partial charge on any atom is 0.357 e. The molecule has 1 aromatic rings. The molecule has 0 saturated heterocycles. The van der Waals surface area contributed by atoms with Crippen molar-refractivity contribution < 1.29 is 14.3 Å². The Morgan fingerprint density at radius 2 is 2.46 bits per heavy atom. The first-order valence-electron chi connectivity index (χ1n) is 3.43. The van der Waals surface area contributed by atoms with E-state index in [0.29, 0.717) is 11.3 Å². The van der Waals surface area contributed by atoms with Crippen LogP contribution in [0, 0.1) is 0 Å². The van der Waals surface area contributed by atoms with Crippen molar-refractivity contribution in [3.8, 4) is 0 Å². The number of aldehydes is 1. The highest BCUT2D eigenvalue weighted by Crippen LogP contribution is 2.11. The highest BCUT2D eigenvalue weighted by molar-refractivity contribution is 7.10. The van der Waals surface area contributed by atoms with Crippen molar-refractivity contribution in [1.82, 2.24) is 4.98 Å². The van der Waals surface area contributed by atoms with E-state index < -0.39 is 5.97 Å². The molecule has 0 bridgehead atoms. The van der Waals surface area contributed by atoms with Gasteiger partial charge in [-0.25, -0.2) is 9.78 Å². The molecule has 1 heterocycles. The van der Waals surface area contributed by atoms with Crippen LogP contribution in [0.15, 0.2) is 11.5 Å². The molecule has 5 heteroatoms. The van der Waals surface area contributed by atoms with Crippen molar-refractivity contribution in [2.75, 3.05) is 7.11 Å². The monoisotopic (exact) mass is 197 g/mol. The van der Waals surface area contributed by atoms with E-state index in [0.717, 1.165) is 0 Å². The van der Waals surface area contributed by atoms with Crippen LogP contribution < -0.4 is 0 Å². The lowest BCUT2D eigenvalue weighted by Gasteiger charge is -1.90. The number of carbonyl (C=O) groups is 2. The van der Waals surface area contributed by atoms with Gasteiger partial charge in [0.2, 0.25) is 0 Å². The molecule has 1 aromatic heterocycles. The Kier molecular flexibility index (Phi) is 3.33. The van der Waals surface area contributed by atoms with Gasteiger partial charge in [-0.3, -0.25) is 4.79 Å². The van der Waals surface area contributed by atoms with Gasteiger partial charge in [-0.2, -0.15) is 0 Å². The van der Waals surface area contributed by atoms with Crippen LogP contribution in [0.3, 0.4) is 0 Å². The highest BCUT2D eigenvalue weighted by atomic mass is 32.1. The predicted octanol–water partition coefficient (Wildman–Crippen LogP) is 1.14. The fourth-order valence-corrected chi connectivity index (χ4v) is 1.37. The van der Waals surface area contributed by atoms with Gasteiger partial charge in [-0.15, -0.1) is 11.3 Å². The van der Waals surface area contributed by atoms with Gasteiger partial charge in [0.05, 0.1) is 7.11 Å². The second-order valence-electron chi connectivity index (χ2n) is 2.06. The lowest BCUT2D eigenvalue weighted by Crippen LogP contribution is -2.00. The molecule has 13 heavy (non-hydrogen) atoms. The number of hydrogen-bond acceptors (Lipinski definition) is 5. The lowest BCUT2D eigenvalue weighted by molar-refractivity contribution is -0.104. The average Bonchev–Trinajstić information content (AvgIpc) is 2.62. The fourth-order valence-electron chi connectivity index (χ4n) is 0.684. The first kappa shape index (κ1) is 9.60. The largest absolute Gasteiger partial charge is 0.464 e. The Bertz CT molecular complexity index is 343. The number of carbonyl (C=O) groups excluding carboxylic acids is 2. The average molecular weight is 197 g/mol. The third kappa shape index (κ3) is 2.48. The number of nitrogens with zero attached hydrogens (tertiary/aromatic N) is 1. The van der Waals surface area contributed by atoms with Crippen LogP contribution in [0.2, 0.25) is 0 Å². The summed E-state index contributed by atoms with van der Waals surface area (Å²) < 4.78 is 4.47. The number of hydrogen-bond donors (Lipinski definition) is 0. The summed E-state index contributed by atoms with van der Waals surface area (Å²) in [5, 5.41) is 2.18. The summed E-state index contributed by atoms with van der Waals surface area (Å²) in [4.78, 5) is 24.8. The summed E-state index contributed by atoms with van der Waals surface area (Å²) in [7, 11) is 1.29. The van der Waals surface area contributed by atoms with E-state index in [1.54, 1.807) is 5.38 Å². The SMILES string of the molecule is COC(=O)c1csc(C=CC=O)n1. The summed E-state index contributed by atoms with van der Waals surface area (Å²) in [5.41, 5.74) is 0.262. The second-order valence-corrected chi connectivity index (χ2v) is 2.95. The third-order valence-corrected chi connectivity index (χ3v) is 2.04. The number of allylic oxidation sites excluding steroid dienone is 1. The van der Waals surface area contributed by atoms with Gasteiger partial charge >= 0.3 is 5.97 Å². The summed E-state index contributed by atoms with van der Waals surface area (Å²) >= 11 is 1.28. The molecule has 0 atom stereocenters. The topological polar surface area (TPSA) is 56.3 Å². The Morgan fingerprint density at radius 3 is 3.08 bits per heavy atom. The van der Waals surface area contributed by atoms with E-state index in [1.165, 1.54) is 30.6 Å². The summed E-state index contributed by atoms with van der Waals surface area (Å²) in [6.07, 6.45) is 3.50. The Labute approximate surface area is 78.9 Å². The minimum Gasteiger partial charge on any atom is -0.464 e. The Balaban J connectivity index is 2.80. The number of ether oxygens (including phenoxy) is 1. The standard InChI is InChI=1S/C8H7NO3S/c1-12-8(11)6-5-13-7(9-6)3-2-4-10/h2-5H,1H3. The molecule has 0 aliphatic carbocycles. The van der Waals surface area contributed by atoms with Gasteiger partial charge in [-0.05, 0) is 12.2 Å². The minimum atomic E-state index is -0.470. The van der Waals surface area contributed by atoms with Crippen molar-refractivity contribution in [3.63, 3.8) is 0 Å². The molecule has 1 rings (SSSR count). The number of aromatic nitrogens is 1. The van der Waals surface area contributed by atoms with E-state index in [2.05, 4.69) is 9.72 Å². The van der Waals surface area contributed by atoms with Crippen LogP contribution in [-0.2, 0) is 9.53 Å². The van der Waals surface area contributed by atoms with Crippen LogP contribution >= 0.6 is 11.3 Å². The Hall–Kier alpha value is -1.49. The van der Waals surface area contributed by atoms with Crippen molar-refractivity contribution in [1.29, 1.82) is 0 Å². The molecule has 4 nitrogen and oxygen atoms in total. The van der Waals surface area contributed by atoms with Crippen molar-refractivity contribution >= 4 is 29.7 Å². The van der Waals surface area contributed by atoms with Gasteiger partial charge in [0.25, 0.3) is 0 Å². The third-order valence-electron chi connectivity index (χ3n) is 1.23. The zero-order valence-electron chi connectivity index (χ0n) is 6.89. The summed E-state index contributed by atoms with van der Waals surface area (Å²) in [5.74, 6) is -0.470. The van der Waals surface area contributed by atoms with Crippen LogP contribution in [0.5, 0.6) is 0 Å². The summed E-state index contributed by atoms with van der Waals surface area (Å²) in [6.45, 7) is 0. The van der Waals surface area contributed by atoms with Gasteiger partial charge in [0, 0.05) is 5.38 Å². The predicted molar refractivity (Wildman–Crippen MR) is 48.6 cm³/mol. The Morgan fingerprint density at radius 1 is 1.69 bits per heavy atom. The molecule has 0 aliphatic rings. The van der Waals surface area contributed by atoms with Gasteiger partial charge in [0.15, 0.2) is 5.69 Å². The molecule has 0 aliphatic heterocycles. The maximum absolute atomic E-state index is 10.9.